The third-order valence-electron chi connectivity index (χ3n) is 2.67. The first-order chi connectivity index (χ1) is 8.51. The number of amides is 1. The van der Waals surface area contributed by atoms with E-state index in [0.29, 0.717) is 12.4 Å². The second-order valence-corrected chi connectivity index (χ2v) is 4.51. The molecular formula is C13H21N3O2. The second-order valence-electron chi connectivity index (χ2n) is 4.51. The Bertz CT molecular complexity index is 405. The molecule has 0 aliphatic heterocycles. The van der Waals surface area contributed by atoms with Crippen LogP contribution >= 0.6 is 0 Å². The van der Waals surface area contributed by atoms with Crippen LogP contribution in [0.4, 0.5) is 0 Å². The lowest BCUT2D eigenvalue weighted by atomic mass is 10.0. The number of carbonyl (C=O) groups is 1. The minimum atomic E-state index is -0.579. The standard InChI is InChI=1S/C13H21N3O2/c1-5-16-13(2,3)12(17)15-9-10-7-6-8-14-11(10)18-4/h6-8,16H,5,9H2,1-4H3,(H,15,17). The highest BCUT2D eigenvalue weighted by atomic mass is 16.5. The molecule has 0 saturated heterocycles. The highest BCUT2D eigenvalue weighted by Gasteiger charge is 2.25. The van der Waals surface area contributed by atoms with E-state index < -0.39 is 5.54 Å². The molecule has 100 valence electrons. The highest BCUT2D eigenvalue weighted by molar-refractivity contribution is 5.85. The molecule has 0 saturated carbocycles. The number of hydrogen-bond donors (Lipinski definition) is 2. The first-order valence-electron chi connectivity index (χ1n) is 6.02. The van der Waals surface area contributed by atoms with Crippen LogP contribution in [-0.2, 0) is 11.3 Å². The lowest BCUT2D eigenvalue weighted by Crippen LogP contribution is -2.52. The molecule has 2 N–H and O–H groups in total. The van der Waals surface area contributed by atoms with E-state index in [9.17, 15) is 4.79 Å². The third kappa shape index (κ3) is 3.70. The lowest BCUT2D eigenvalue weighted by molar-refractivity contribution is -0.126. The minimum absolute atomic E-state index is 0.0461. The zero-order valence-electron chi connectivity index (χ0n) is 11.4. The van der Waals surface area contributed by atoms with Crippen LogP contribution in [0.1, 0.15) is 26.3 Å². The maximum Gasteiger partial charge on any atom is 0.239 e. The molecule has 0 bridgehead atoms. The maximum absolute atomic E-state index is 12.0. The Hall–Kier alpha value is -1.62. The fourth-order valence-corrected chi connectivity index (χ4v) is 1.66. The van der Waals surface area contributed by atoms with Gasteiger partial charge in [-0.1, -0.05) is 13.0 Å². The van der Waals surface area contributed by atoms with E-state index in [0.717, 1.165) is 12.1 Å². The van der Waals surface area contributed by atoms with Crippen molar-refractivity contribution in [3.63, 3.8) is 0 Å². The summed E-state index contributed by atoms with van der Waals surface area (Å²) in [5.41, 5.74) is 0.283. The predicted octanol–water partition coefficient (Wildman–Crippen LogP) is 1.09. The number of carbonyl (C=O) groups excluding carboxylic acids is 1. The molecule has 1 aromatic heterocycles. The maximum atomic E-state index is 12.0. The van der Waals surface area contributed by atoms with Gasteiger partial charge < -0.3 is 15.4 Å². The van der Waals surface area contributed by atoms with Gasteiger partial charge in [0.05, 0.1) is 12.6 Å². The molecule has 0 unspecified atom stereocenters. The van der Waals surface area contributed by atoms with Gasteiger partial charge in [0.25, 0.3) is 0 Å². The Morgan fingerprint density at radius 3 is 2.83 bits per heavy atom. The van der Waals surface area contributed by atoms with Crippen molar-refractivity contribution in [2.75, 3.05) is 13.7 Å². The molecule has 0 aliphatic rings. The molecule has 1 heterocycles. The summed E-state index contributed by atoms with van der Waals surface area (Å²) in [5.74, 6) is 0.495. The van der Waals surface area contributed by atoms with Crippen LogP contribution in [0.25, 0.3) is 0 Å². The molecule has 5 nitrogen and oxygen atoms in total. The first kappa shape index (κ1) is 14.4. The van der Waals surface area contributed by atoms with Crippen LogP contribution in [0, 0.1) is 0 Å². The summed E-state index contributed by atoms with van der Waals surface area (Å²) >= 11 is 0. The number of nitrogens with zero attached hydrogens (tertiary/aromatic N) is 1. The zero-order valence-corrected chi connectivity index (χ0v) is 11.4. The summed E-state index contributed by atoms with van der Waals surface area (Å²) in [6.07, 6.45) is 1.66. The van der Waals surface area contributed by atoms with Gasteiger partial charge in [-0.3, -0.25) is 4.79 Å². The van der Waals surface area contributed by atoms with Crippen molar-refractivity contribution < 1.29 is 9.53 Å². The number of hydrogen-bond acceptors (Lipinski definition) is 4. The summed E-state index contributed by atoms with van der Waals surface area (Å²) in [7, 11) is 1.57. The minimum Gasteiger partial charge on any atom is -0.481 e. The van der Waals surface area contributed by atoms with Crippen molar-refractivity contribution in [2.45, 2.75) is 32.9 Å². The summed E-state index contributed by atoms with van der Waals surface area (Å²) in [4.78, 5) is 16.1. The quantitative estimate of drug-likeness (QED) is 0.794. The van der Waals surface area contributed by atoms with Crippen LogP contribution < -0.4 is 15.4 Å². The molecule has 1 amide bonds. The Morgan fingerprint density at radius 1 is 1.50 bits per heavy atom. The molecule has 0 aliphatic carbocycles. The molecule has 0 fully saturated rings. The Kier molecular flexibility index (Phi) is 5.09. The van der Waals surface area contributed by atoms with Gasteiger partial charge in [0.15, 0.2) is 0 Å². The Labute approximate surface area is 108 Å². The largest absolute Gasteiger partial charge is 0.481 e. The molecule has 1 rings (SSSR count). The van der Waals surface area contributed by atoms with Gasteiger partial charge in [-0.2, -0.15) is 0 Å². The topological polar surface area (TPSA) is 63.2 Å². The molecule has 0 spiro atoms. The van der Waals surface area contributed by atoms with E-state index in [-0.39, 0.29) is 5.91 Å². The summed E-state index contributed by atoms with van der Waals surface area (Å²) < 4.78 is 5.13. The number of aromatic nitrogens is 1. The molecule has 0 aromatic carbocycles. The van der Waals surface area contributed by atoms with Crippen molar-refractivity contribution >= 4 is 5.91 Å². The van der Waals surface area contributed by atoms with Gasteiger partial charge in [0, 0.05) is 18.3 Å². The monoisotopic (exact) mass is 251 g/mol. The van der Waals surface area contributed by atoms with Crippen molar-refractivity contribution in [2.24, 2.45) is 0 Å². The van der Waals surface area contributed by atoms with Gasteiger partial charge in [-0.25, -0.2) is 4.98 Å². The van der Waals surface area contributed by atoms with Crippen LogP contribution in [-0.4, -0.2) is 30.1 Å². The smallest absolute Gasteiger partial charge is 0.239 e. The van der Waals surface area contributed by atoms with Crippen LogP contribution in [0.15, 0.2) is 18.3 Å². The lowest BCUT2D eigenvalue weighted by Gasteiger charge is -2.24. The number of ether oxygens (including phenoxy) is 1. The fourth-order valence-electron chi connectivity index (χ4n) is 1.66. The van der Waals surface area contributed by atoms with Crippen molar-refractivity contribution in [3.8, 4) is 5.88 Å². The average Bonchev–Trinajstić information content (AvgIpc) is 2.36. The fraction of sp³-hybridized carbons (Fsp3) is 0.538. The molecular weight excluding hydrogens is 230 g/mol. The van der Waals surface area contributed by atoms with Crippen LogP contribution in [0.5, 0.6) is 5.88 Å². The van der Waals surface area contributed by atoms with Gasteiger partial charge in [0.2, 0.25) is 11.8 Å². The number of nitrogens with one attached hydrogen (secondary N) is 2. The summed E-state index contributed by atoms with van der Waals surface area (Å²) in [6, 6.07) is 3.70. The molecule has 0 radical (unpaired) electrons. The van der Waals surface area contributed by atoms with Crippen molar-refractivity contribution in [1.82, 2.24) is 15.6 Å². The SMILES string of the molecule is CCNC(C)(C)C(=O)NCc1cccnc1OC. The van der Waals surface area contributed by atoms with Crippen molar-refractivity contribution in [1.29, 1.82) is 0 Å². The Morgan fingerprint density at radius 2 is 2.22 bits per heavy atom. The first-order valence-corrected chi connectivity index (χ1v) is 6.02. The number of likely N-dealkylation sites (N-methyl/N-ethyl adjacent to an activating group) is 1. The summed E-state index contributed by atoms with van der Waals surface area (Å²) in [5, 5.41) is 6.00. The Balaban J connectivity index is 2.62. The highest BCUT2D eigenvalue weighted by Crippen LogP contribution is 2.13. The molecule has 1 aromatic rings. The van der Waals surface area contributed by atoms with Gasteiger partial charge >= 0.3 is 0 Å². The van der Waals surface area contributed by atoms with E-state index in [1.807, 2.05) is 32.9 Å². The van der Waals surface area contributed by atoms with E-state index in [2.05, 4.69) is 15.6 Å². The van der Waals surface area contributed by atoms with Gasteiger partial charge in [0.1, 0.15) is 0 Å². The van der Waals surface area contributed by atoms with Gasteiger partial charge in [-0.15, -0.1) is 0 Å². The van der Waals surface area contributed by atoms with Crippen LogP contribution in [0.3, 0.4) is 0 Å². The predicted molar refractivity (Wildman–Crippen MR) is 70.4 cm³/mol. The summed E-state index contributed by atoms with van der Waals surface area (Å²) in [6.45, 7) is 6.83. The van der Waals surface area contributed by atoms with E-state index in [4.69, 9.17) is 4.74 Å². The molecule has 5 heteroatoms. The number of methoxy groups -OCH3 is 1. The molecule has 18 heavy (non-hydrogen) atoms. The average molecular weight is 251 g/mol. The number of rotatable bonds is 6. The second kappa shape index (κ2) is 6.35. The molecule has 0 atom stereocenters. The van der Waals surface area contributed by atoms with E-state index in [1.54, 1.807) is 13.3 Å². The zero-order chi connectivity index (χ0) is 13.6. The van der Waals surface area contributed by atoms with E-state index in [1.165, 1.54) is 0 Å². The van der Waals surface area contributed by atoms with Crippen molar-refractivity contribution in [3.05, 3.63) is 23.9 Å². The number of pyridine rings is 1. The van der Waals surface area contributed by atoms with Crippen LogP contribution in [0.2, 0.25) is 0 Å². The van der Waals surface area contributed by atoms with Gasteiger partial charge in [-0.05, 0) is 26.5 Å². The third-order valence-corrected chi connectivity index (χ3v) is 2.67. The van der Waals surface area contributed by atoms with E-state index >= 15 is 0 Å². The normalized spacial score (nSPS) is 11.1.